The van der Waals surface area contributed by atoms with Crippen molar-refractivity contribution in [3.05, 3.63) is 64.7 Å². The Morgan fingerprint density at radius 1 is 1.14 bits per heavy atom. The molecule has 2 rings (SSSR count). The van der Waals surface area contributed by atoms with Crippen LogP contribution in [0.4, 0.5) is 0 Å². The van der Waals surface area contributed by atoms with Gasteiger partial charge in [0, 0.05) is 11.4 Å². The standard InChI is InChI=1S/C17H18ClNOS/c1-2-21-16-14(9-6-10-15(16)18)17(20)19-12-11-13-7-4-3-5-8-13/h3-10H,2,11-12H2,1H3,(H,19,20). The Kier molecular flexibility index (Phi) is 6.15. The molecule has 0 unspecified atom stereocenters. The Hall–Kier alpha value is -1.45. The van der Waals surface area contributed by atoms with Crippen molar-refractivity contribution in [2.75, 3.05) is 12.3 Å². The lowest BCUT2D eigenvalue weighted by atomic mass is 10.1. The maximum absolute atomic E-state index is 12.3. The zero-order valence-electron chi connectivity index (χ0n) is 11.9. The van der Waals surface area contributed by atoms with Crippen molar-refractivity contribution < 1.29 is 4.79 Å². The molecule has 2 nitrogen and oxygen atoms in total. The number of nitrogens with one attached hydrogen (secondary N) is 1. The molecule has 1 amide bonds. The zero-order valence-corrected chi connectivity index (χ0v) is 13.5. The third-order valence-corrected chi connectivity index (χ3v) is 4.49. The van der Waals surface area contributed by atoms with E-state index in [9.17, 15) is 4.79 Å². The van der Waals surface area contributed by atoms with Crippen LogP contribution in [0.25, 0.3) is 0 Å². The van der Waals surface area contributed by atoms with Gasteiger partial charge in [-0.15, -0.1) is 11.8 Å². The second kappa shape index (κ2) is 8.11. The number of carbonyl (C=O) groups excluding carboxylic acids is 1. The van der Waals surface area contributed by atoms with Gasteiger partial charge in [0.25, 0.3) is 5.91 Å². The average Bonchev–Trinajstić information content (AvgIpc) is 2.50. The third kappa shape index (κ3) is 4.51. The average molecular weight is 320 g/mol. The van der Waals surface area contributed by atoms with E-state index in [1.165, 1.54) is 5.56 Å². The van der Waals surface area contributed by atoms with Crippen LogP contribution in [0, 0.1) is 0 Å². The van der Waals surface area contributed by atoms with Gasteiger partial charge in [-0.05, 0) is 29.9 Å². The first-order chi connectivity index (χ1) is 10.2. The summed E-state index contributed by atoms with van der Waals surface area (Å²) in [5, 5.41) is 3.60. The van der Waals surface area contributed by atoms with Crippen LogP contribution in [0.15, 0.2) is 53.4 Å². The molecule has 2 aromatic rings. The van der Waals surface area contributed by atoms with Crippen molar-refractivity contribution in [3.63, 3.8) is 0 Å². The van der Waals surface area contributed by atoms with E-state index < -0.39 is 0 Å². The summed E-state index contributed by atoms with van der Waals surface area (Å²) in [5.41, 5.74) is 1.87. The molecule has 0 atom stereocenters. The van der Waals surface area contributed by atoms with Crippen LogP contribution in [0.2, 0.25) is 5.02 Å². The quantitative estimate of drug-likeness (QED) is 0.798. The molecule has 110 valence electrons. The molecule has 0 aliphatic heterocycles. The van der Waals surface area contributed by atoms with E-state index in [2.05, 4.69) is 17.4 Å². The summed E-state index contributed by atoms with van der Waals surface area (Å²) >= 11 is 7.78. The van der Waals surface area contributed by atoms with E-state index >= 15 is 0 Å². The Morgan fingerprint density at radius 2 is 1.90 bits per heavy atom. The van der Waals surface area contributed by atoms with Gasteiger partial charge in [-0.2, -0.15) is 0 Å². The molecule has 0 saturated carbocycles. The lowest BCUT2D eigenvalue weighted by molar-refractivity contribution is 0.0951. The van der Waals surface area contributed by atoms with Crippen molar-refractivity contribution >= 4 is 29.3 Å². The van der Waals surface area contributed by atoms with Crippen LogP contribution in [-0.2, 0) is 6.42 Å². The van der Waals surface area contributed by atoms with Gasteiger partial charge in [-0.3, -0.25) is 4.79 Å². The van der Waals surface area contributed by atoms with Crippen molar-refractivity contribution in [2.24, 2.45) is 0 Å². The topological polar surface area (TPSA) is 29.1 Å². The van der Waals surface area contributed by atoms with Gasteiger partial charge in [0.05, 0.1) is 10.6 Å². The SMILES string of the molecule is CCSc1c(Cl)cccc1C(=O)NCCc1ccccc1. The summed E-state index contributed by atoms with van der Waals surface area (Å²) in [7, 11) is 0. The Morgan fingerprint density at radius 3 is 2.62 bits per heavy atom. The highest BCUT2D eigenvalue weighted by molar-refractivity contribution is 7.99. The maximum Gasteiger partial charge on any atom is 0.252 e. The van der Waals surface area contributed by atoms with Crippen LogP contribution in [0.1, 0.15) is 22.8 Å². The summed E-state index contributed by atoms with van der Waals surface area (Å²) < 4.78 is 0. The van der Waals surface area contributed by atoms with Crippen LogP contribution in [-0.4, -0.2) is 18.2 Å². The van der Waals surface area contributed by atoms with Gasteiger partial charge >= 0.3 is 0 Å². The molecule has 4 heteroatoms. The van der Waals surface area contributed by atoms with E-state index in [0.29, 0.717) is 17.1 Å². The summed E-state index contributed by atoms with van der Waals surface area (Å²) in [6.45, 7) is 2.66. The van der Waals surface area contributed by atoms with Crippen LogP contribution >= 0.6 is 23.4 Å². The van der Waals surface area contributed by atoms with Crippen molar-refractivity contribution in [1.29, 1.82) is 0 Å². The Labute approximate surface area is 134 Å². The van der Waals surface area contributed by atoms with Crippen molar-refractivity contribution in [3.8, 4) is 0 Å². The number of rotatable bonds is 6. The molecule has 21 heavy (non-hydrogen) atoms. The fraction of sp³-hybridized carbons (Fsp3) is 0.235. The molecule has 1 N–H and O–H groups in total. The van der Waals surface area contributed by atoms with E-state index in [1.54, 1.807) is 11.8 Å². The first-order valence-corrected chi connectivity index (χ1v) is 8.32. The summed E-state index contributed by atoms with van der Waals surface area (Å²) in [6.07, 6.45) is 0.823. The molecule has 0 saturated heterocycles. The van der Waals surface area contributed by atoms with Crippen LogP contribution in [0.5, 0.6) is 0 Å². The largest absolute Gasteiger partial charge is 0.352 e. The molecule has 0 heterocycles. The monoisotopic (exact) mass is 319 g/mol. The van der Waals surface area contributed by atoms with E-state index in [-0.39, 0.29) is 5.91 Å². The van der Waals surface area contributed by atoms with Crippen molar-refractivity contribution in [2.45, 2.75) is 18.2 Å². The summed E-state index contributed by atoms with van der Waals surface area (Å²) in [5.74, 6) is 0.818. The van der Waals surface area contributed by atoms with Gasteiger partial charge in [0.2, 0.25) is 0 Å². The predicted molar refractivity (Wildman–Crippen MR) is 90.3 cm³/mol. The van der Waals surface area contributed by atoms with Crippen LogP contribution < -0.4 is 5.32 Å². The van der Waals surface area contributed by atoms with Crippen molar-refractivity contribution in [1.82, 2.24) is 5.32 Å². The van der Waals surface area contributed by atoms with Gasteiger partial charge in [0.1, 0.15) is 0 Å². The molecule has 0 radical (unpaired) electrons. The second-order valence-electron chi connectivity index (χ2n) is 4.54. The predicted octanol–water partition coefficient (Wildman–Crippen LogP) is 4.42. The number of amides is 1. The lowest BCUT2D eigenvalue weighted by Gasteiger charge is -2.11. The number of hydrogen-bond acceptors (Lipinski definition) is 2. The highest BCUT2D eigenvalue weighted by atomic mass is 35.5. The molecule has 0 aliphatic rings. The van der Waals surface area contributed by atoms with E-state index in [1.807, 2.05) is 43.3 Å². The molecular formula is C17H18ClNOS. The van der Waals surface area contributed by atoms with E-state index in [0.717, 1.165) is 17.1 Å². The molecule has 2 aromatic carbocycles. The Balaban J connectivity index is 1.99. The first-order valence-electron chi connectivity index (χ1n) is 6.95. The zero-order chi connectivity index (χ0) is 15.1. The Bertz CT molecular complexity index is 601. The minimum Gasteiger partial charge on any atom is -0.352 e. The first kappa shape index (κ1) is 15.9. The number of hydrogen-bond donors (Lipinski definition) is 1. The summed E-state index contributed by atoms with van der Waals surface area (Å²) in [4.78, 5) is 13.2. The molecule has 0 bridgehead atoms. The van der Waals surface area contributed by atoms with Gasteiger partial charge in [-0.25, -0.2) is 0 Å². The maximum atomic E-state index is 12.3. The van der Waals surface area contributed by atoms with Gasteiger partial charge in [0.15, 0.2) is 0 Å². The molecule has 0 spiro atoms. The van der Waals surface area contributed by atoms with Gasteiger partial charge < -0.3 is 5.32 Å². The van der Waals surface area contributed by atoms with Crippen LogP contribution in [0.3, 0.4) is 0 Å². The lowest BCUT2D eigenvalue weighted by Crippen LogP contribution is -2.26. The highest BCUT2D eigenvalue weighted by Crippen LogP contribution is 2.30. The molecular weight excluding hydrogens is 302 g/mol. The number of thioether (sulfide) groups is 1. The van der Waals surface area contributed by atoms with Gasteiger partial charge in [-0.1, -0.05) is 54.9 Å². The minimum absolute atomic E-state index is 0.0654. The summed E-state index contributed by atoms with van der Waals surface area (Å²) in [6, 6.07) is 15.6. The highest BCUT2D eigenvalue weighted by Gasteiger charge is 2.13. The number of benzene rings is 2. The fourth-order valence-electron chi connectivity index (χ4n) is 2.04. The molecule has 0 aromatic heterocycles. The fourth-order valence-corrected chi connectivity index (χ4v) is 3.19. The normalized spacial score (nSPS) is 10.4. The number of carbonyl (C=O) groups is 1. The number of halogens is 1. The molecule has 0 fully saturated rings. The third-order valence-electron chi connectivity index (χ3n) is 3.04. The smallest absolute Gasteiger partial charge is 0.252 e. The van der Waals surface area contributed by atoms with E-state index in [4.69, 9.17) is 11.6 Å². The second-order valence-corrected chi connectivity index (χ2v) is 6.22. The molecule has 0 aliphatic carbocycles. The minimum atomic E-state index is -0.0654.